The average Bonchev–Trinajstić information content (AvgIpc) is 2.54. The molecular formula is C16H16Cl2N2O3S. The Morgan fingerprint density at radius 3 is 2.25 bits per heavy atom. The zero-order valence-electron chi connectivity index (χ0n) is 13.3. The van der Waals surface area contributed by atoms with Gasteiger partial charge in [0.25, 0.3) is 5.91 Å². The summed E-state index contributed by atoms with van der Waals surface area (Å²) in [4.78, 5) is 18.3. The smallest absolute Gasteiger partial charge is 0.274 e. The molecule has 0 N–H and O–H groups in total. The zero-order valence-corrected chi connectivity index (χ0v) is 15.7. The number of rotatable bonds is 4. The van der Waals surface area contributed by atoms with Crippen LogP contribution in [0.25, 0.3) is 0 Å². The number of halogens is 2. The number of benzene rings is 1. The van der Waals surface area contributed by atoms with Gasteiger partial charge in [-0.2, -0.15) is 0 Å². The van der Waals surface area contributed by atoms with Crippen LogP contribution in [0.5, 0.6) is 0 Å². The second-order valence-corrected chi connectivity index (χ2v) is 8.21. The lowest BCUT2D eigenvalue weighted by molar-refractivity contribution is 0.0737. The second kappa shape index (κ2) is 7.09. The van der Waals surface area contributed by atoms with Gasteiger partial charge in [0.15, 0.2) is 9.84 Å². The Morgan fingerprint density at radius 1 is 1.12 bits per heavy atom. The van der Waals surface area contributed by atoms with Crippen molar-refractivity contribution in [2.75, 3.05) is 13.3 Å². The molecule has 1 aromatic carbocycles. The molecule has 2 rings (SSSR count). The first-order valence-corrected chi connectivity index (χ1v) is 9.65. The number of hydrogen-bond donors (Lipinski definition) is 0. The molecule has 2 aromatic rings. The molecule has 0 fully saturated rings. The van der Waals surface area contributed by atoms with Crippen LogP contribution in [0.15, 0.2) is 41.3 Å². The van der Waals surface area contributed by atoms with E-state index in [2.05, 4.69) is 4.98 Å². The van der Waals surface area contributed by atoms with Crippen molar-refractivity contribution in [1.82, 2.24) is 9.88 Å². The summed E-state index contributed by atoms with van der Waals surface area (Å²) in [6, 6.07) is 9.12. The first-order valence-electron chi connectivity index (χ1n) is 7.00. The van der Waals surface area contributed by atoms with Gasteiger partial charge in [0.1, 0.15) is 10.8 Å². The maximum atomic E-state index is 12.6. The van der Waals surface area contributed by atoms with Crippen LogP contribution in [-0.4, -0.2) is 37.5 Å². The van der Waals surface area contributed by atoms with Gasteiger partial charge < -0.3 is 4.90 Å². The molecule has 1 heterocycles. The van der Waals surface area contributed by atoms with Gasteiger partial charge >= 0.3 is 0 Å². The molecule has 0 aliphatic carbocycles. The first kappa shape index (κ1) is 18.7. The van der Waals surface area contributed by atoms with E-state index in [-0.39, 0.29) is 32.7 Å². The van der Waals surface area contributed by atoms with E-state index in [0.717, 1.165) is 11.8 Å². The van der Waals surface area contributed by atoms with Crippen LogP contribution in [0.3, 0.4) is 0 Å². The Bertz CT molecular complexity index is 867. The predicted octanol–water partition coefficient (Wildman–Crippen LogP) is 3.63. The molecule has 1 aromatic heterocycles. The lowest BCUT2D eigenvalue weighted by atomic mass is 10.1. The van der Waals surface area contributed by atoms with E-state index < -0.39 is 9.84 Å². The molecule has 1 amide bonds. The highest BCUT2D eigenvalue weighted by Crippen LogP contribution is 2.25. The maximum absolute atomic E-state index is 12.6. The predicted molar refractivity (Wildman–Crippen MR) is 94.3 cm³/mol. The summed E-state index contributed by atoms with van der Waals surface area (Å²) in [6.07, 6.45) is 1.15. The van der Waals surface area contributed by atoms with Crippen molar-refractivity contribution in [3.8, 4) is 0 Å². The molecule has 0 aliphatic heterocycles. The monoisotopic (exact) mass is 386 g/mol. The summed E-state index contributed by atoms with van der Waals surface area (Å²) in [5.74, 6) is -0.373. The van der Waals surface area contributed by atoms with Crippen molar-refractivity contribution in [2.45, 2.75) is 17.9 Å². The van der Waals surface area contributed by atoms with Crippen LogP contribution < -0.4 is 0 Å². The summed E-state index contributed by atoms with van der Waals surface area (Å²) in [6.45, 7) is 1.83. The highest BCUT2D eigenvalue weighted by atomic mass is 35.5. The van der Waals surface area contributed by atoms with E-state index in [9.17, 15) is 13.2 Å². The van der Waals surface area contributed by atoms with Crippen LogP contribution in [-0.2, 0) is 9.84 Å². The molecule has 0 radical (unpaired) electrons. The molecule has 128 valence electrons. The number of nitrogens with zero attached hydrogens (tertiary/aromatic N) is 2. The van der Waals surface area contributed by atoms with Crippen molar-refractivity contribution >= 4 is 38.9 Å². The fourth-order valence-electron chi connectivity index (χ4n) is 2.13. The third-order valence-electron chi connectivity index (χ3n) is 3.71. The maximum Gasteiger partial charge on any atom is 0.274 e. The quantitative estimate of drug-likeness (QED) is 0.752. The zero-order chi connectivity index (χ0) is 18.1. The Labute approximate surface area is 151 Å². The summed E-state index contributed by atoms with van der Waals surface area (Å²) in [5, 5.41) is 0.400. The molecule has 0 spiro atoms. The molecule has 5 nitrogen and oxygen atoms in total. The first-order chi connectivity index (χ1) is 11.1. The molecule has 0 aliphatic rings. The van der Waals surface area contributed by atoms with Crippen LogP contribution in [0.4, 0.5) is 0 Å². The number of carbonyl (C=O) groups excluding carboxylic acids is 1. The van der Waals surface area contributed by atoms with E-state index in [1.165, 1.54) is 29.2 Å². The lowest BCUT2D eigenvalue weighted by Crippen LogP contribution is -2.30. The third kappa shape index (κ3) is 4.06. The van der Waals surface area contributed by atoms with Gasteiger partial charge in [-0.1, -0.05) is 35.3 Å². The molecule has 1 atom stereocenters. The Hall–Kier alpha value is -1.63. The van der Waals surface area contributed by atoms with E-state index in [1.54, 1.807) is 19.2 Å². The molecule has 0 saturated heterocycles. The van der Waals surface area contributed by atoms with Gasteiger partial charge in [0.2, 0.25) is 0 Å². The van der Waals surface area contributed by atoms with Gasteiger partial charge in [-0.05, 0) is 36.8 Å². The number of pyridine rings is 1. The largest absolute Gasteiger partial charge is 0.334 e. The summed E-state index contributed by atoms with van der Waals surface area (Å²) in [5.41, 5.74) is 0.864. The standard InChI is InChI=1S/C16H16Cl2N2O3S/c1-10(11-4-6-12(7-5-11)24(3,22)23)20(2)16(21)15-13(17)8-9-14(18)19-15/h4-10H,1-3H3. The molecule has 24 heavy (non-hydrogen) atoms. The normalized spacial score (nSPS) is 12.7. The minimum atomic E-state index is -3.26. The van der Waals surface area contributed by atoms with E-state index in [4.69, 9.17) is 23.2 Å². The second-order valence-electron chi connectivity index (χ2n) is 5.40. The summed E-state index contributed by atoms with van der Waals surface area (Å²) < 4.78 is 23.0. The van der Waals surface area contributed by atoms with Crippen molar-refractivity contribution in [3.05, 3.63) is 57.8 Å². The Balaban J connectivity index is 2.27. The van der Waals surface area contributed by atoms with Gasteiger partial charge in [-0.3, -0.25) is 4.79 Å². The lowest BCUT2D eigenvalue weighted by Gasteiger charge is -2.25. The number of amides is 1. The van der Waals surface area contributed by atoms with E-state index in [1.807, 2.05) is 6.92 Å². The third-order valence-corrected chi connectivity index (χ3v) is 5.35. The molecule has 0 bridgehead atoms. The number of hydrogen-bond acceptors (Lipinski definition) is 4. The molecule has 1 unspecified atom stereocenters. The Kier molecular flexibility index (Phi) is 5.52. The van der Waals surface area contributed by atoms with Crippen molar-refractivity contribution in [2.24, 2.45) is 0 Å². The molecule has 0 saturated carbocycles. The summed E-state index contributed by atoms with van der Waals surface area (Å²) >= 11 is 11.8. The number of aromatic nitrogens is 1. The average molecular weight is 387 g/mol. The number of carbonyl (C=O) groups is 1. The SMILES string of the molecule is CC(c1ccc(S(C)(=O)=O)cc1)N(C)C(=O)c1nc(Cl)ccc1Cl. The van der Waals surface area contributed by atoms with Crippen LogP contribution in [0.2, 0.25) is 10.2 Å². The fraction of sp³-hybridized carbons (Fsp3) is 0.250. The highest BCUT2D eigenvalue weighted by molar-refractivity contribution is 7.90. The topological polar surface area (TPSA) is 67.3 Å². The van der Waals surface area contributed by atoms with Gasteiger partial charge in [0.05, 0.1) is 16.0 Å². The fourth-order valence-corrected chi connectivity index (χ4v) is 3.09. The van der Waals surface area contributed by atoms with Crippen molar-refractivity contribution in [1.29, 1.82) is 0 Å². The van der Waals surface area contributed by atoms with Crippen LogP contribution >= 0.6 is 23.2 Å². The highest BCUT2D eigenvalue weighted by Gasteiger charge is 2.22. The van der Waals surface area contributed by atoms with Gasteiger partial charge in [-0.25, -0.2) is 13.4 Å². The van der Waals surface area contributed by atoms with E-state index in [0.29, 0.717) is 0 Å². The van der Waals surface area contributed by atoms with Crippen molar-refractivity contribution < 1.29 is 13.2 Å². The minimum absolute atomic E-state index is 0.0753. The summed E-state index contributed by atoms with van der Waals surface area (Å²) in [7, 11) is -1.64. The minimum Gasteiger partial charge on any atom is -0.334 e. The van der Waals surface area contributed by atoms with Gasteiger partial charge in [0, 0.05) is 13.3 Å². The molecular weight excluding hydrogens is 371 g/mol. The van der Waals surface area contributed by atoms with Crippen LogP contribution in [0.1, 0.15) is 29.0 Å². The van der Waals surface area contributed by atoms with Crippen molar-refractivity contribution in [3.63, 3.8) is 0 Å². The van der Waals surface area contributed by atoms with Crippen LogP contribution in [0, 0.1) is 0 Å². The van der Waals surface area contributed by atoms with Gasteiger partial charge in [-0.15, -0.1) is 0 Å². The molecule has 8 heteroatoms. The Morgan fingerprint density at radius 2 is 1.71 bits per heavy atom. The number of sulfone groups is 1. The van der Waals surface area contributed by atoms with E-state index >= 15 is 0 Å².